The Morgan fingerprint density at radius 2 is 2.11 bits per heavy atom. The Hall–Kier alpha value is -3.02. The number of rotatable bonds is 7. The van der Waals surface area contributed by atoms with Gasteiger partial charge in [-0.15, -0.1) is 0 Å². The van der Waals surface area contributed by atoms with Crippen LogP contribution in [-0.2, 0) is 13.0 Å². The first-order valence-electron chi connectivity index (χ1n) is 9.32. The molecule has 1 aromatic carbocycles. The van der Waals surface area contributed by atoms with Crippen molar-refractivity contribution in [1.82, 2.24) is 15.0 Å². The van der Waals surface area contributed by atoms with Crippen LogP contribution >= 0.6 is 0 Å². The molecule has 0 saturated carbocycles. The van der Waals surface area contributed by atoms with Gasteiger partial charge in [-0.3, -0.25) is 9.78 Å². The largest absolute Gasteiger partial charge is 0.413 e. The first-order chi connectivity index (χ1) is 13.0. The van der Waals surface area contributed by atoms with Crippen molar-refractivity contribution in [3.63, 3.8) is 0 Å². The van der Waals surface area contributed by atoms with E-state index in [0.717, 1.165) is 42.3 Å². The van der Waals surface area contributed by atoms with Crippen molar-refractivity contribution in [3.8, 4) is 0 Å². The topological polar surface area (TPSA) is 82.5 Å². The molecule has 3 rings (SSSR count). The van der Waals surface area contributed by atoms with Crippen molar-refractivity contribution in [2.24, 2.45) is 0 Å². The highest BCUT2D eigenvalue weighted by Crippen LogP contribution is 2.15. The van der Waals surface area contributed by atoms with E-state index in [2.05, 4.69) is 34.5 Å². The van der Waals surface area contributed by atoms with E-state index in [1.807, 2.05) is 35.8 Å². The zero-order valence-electron chi connectivity index (χ0n) is 15.8. The van der Waals surface area contributed by atoms with Gasteiger partial charge >= 0.3 is 11.3 Å². The molecule has 6 heteroatoms. The van der Waals surface area contributed by atoms with Crippen molar-refractivity contribution >= 4 is 22.2 Å². The molecule has 0 aliphatic carbocycles. The Morgan fingerprint density at radius 3 is 2.85 bits per heavy atom. The highest BCUT2D eigenvalue weighted by Gasteiger charge is 2.18. The molecule has 0 bridgehead atoms. The minimum absolute atomic E-state index is 0.253. The molecule has 0 aliphatic rings. The third kappa shape index (κ3) is 4.05. The number of allylic oxidation sites excluding steroid dienone is 3. The molecule has 2 aromatic heterocycles. The fraction of sp³-hybridized carbons (Fsp3) is 0.333. The fourth-order valence-corrected chi connectivity index (χ4v) is 3.35. The maximum atomic E-state index is 12.3. The molecule has 0 atom stereocenters. The van der Waals surface area contributed by atoms with E-state index in [1.165, 1.54) is 5.56 Å². The van der Waals surface area contributed by atoms with Gasteiger partial charge in [0.15, 0.2) is 5.52 Å². The van der Waals surface area contributed by atoms with Gasteiger partial charge in [0.1, 0.15) is 5.52 Å². The molecule has 6 nitrogen and oxygen atoms in total. The third-order valence-corrected chi connectivity index (χ3v) is 4.55. The zero-order valence-corrected chi connectivity index (χ0v) is 15.8. The Bertz CT molecular complexity index is 1140. The molecule has 140 valence electrons. The lowest BCUT2D eigenvalue weighted by molar-refractivity contribution is -0.647. The minimum Gasteiger partial charge on any atom is -0.267 e. The van der Waals surface area contributed by atoms with Gasteiger partial charge < -0.3 is 0 Å². The second-order valence-corrected chi connectivity index (χ2v) is 6.70. The van der Waals surface area contributed by atoms with Crippen molar-refractivity contribution in [3.05, 3.63) is 68.9 Å². The van der Waals surface area contributed by atoms with Crippen LogP contribution in [0.15, 0.2) is 52.1 Å². The summed E-state index contributed by atoms with van der Waals surface area (Å²) >= 11 is 0. The van der Waals surface area contributed by atoms with E-state index < -0.39 is 11.2 Å². The predicted octanol–water partition coefficient (Wildman–Crippen LogP) is 2.92. The number of nitrogens with one attached hydrogen (secondary N) is 2. The van der Waals surface area contributed by atoms with Crippen LogP contribution in [0.2, 0.25) is 0 Å². The van der Waals surface area contributed by atoms with Crippen LogP contribution in [0.3, 0.4) is 0 Å². The Balaban J connectivity index is 2.14. The van der Waals surface area contributed by atoms with Crippen LogP contribution in [0.1, 0.15) is 38.7 Å². The summed E-state index contributed by atoms with van der Waals surface area (Å²) < 4.78 is 1.98. The molecule has 27 heavy (non-hydrogen) atoms. The van der Waals surface area contributed by atoms with E-state index >= 15 is 0 Å². The maximum absolute atomic E-state index is 12.3. The number of hydrogen-bond donors (Lipinski definition) is 2. The summed E-state index contributed by atoms with van der Waals surface area (Å²) in [7, 11) is 0. The molecule has 0 saturated heterocycles. The minimum atomic E-state index is -0.525. The van der Waals surface area contributed by atoms with Gasteiger partial charge in [-0.25, -0.2) is 14.3 Å². The van der Waals surface area contributed by atoms with Crippen LogP contribution in [0, 0.1) is 0 Å². The number of benzene rings is 1. The molecule has 3 aromatic rings. The standard InChI is InChI=1S/C21H24N4O2/c1-4-7-14(3)9-6-12-25-17-11-10-15(8-5-2)13-16(17)22-18-19(25)23-21(27)24-20(18)26/h4,7,10-11,13H,3,5-6,8-9,12H2,1-2H3,(H,24,26,27)/p+1. The smallest absolute Gasteiger partial charge is 0.267 e. The molecular formula is C21H25N4O2+. The van der Waals surface area contributed by atoms with Gasteiger partial charge in [0, 0.05) is 0 Å². The lowest BCUT2D eigenvalue weighted by Crippen LogP contribution is -2.40. The molecule has 2 heterocycles. The lowest BCUT2D eigenvalue weighted by Gasteiger charge is -2.09. The van der Waals surface area contributed by atoms with E-state index in [1.54, 1.807) is 0 Å². The van der Waals surface area contributed by atoms with Crippen LogP contribution in [0.4, 0.5) is 0 Å². The number of fused-ring (bicyclic) bond motifs is 2. The molecule has 0 amide bonds. The molecule has 0 unspecified atom stereocenters. The van der Waals surface area contributed by atoms with Gasteiger partial charge in [-0.05, 0) is 43.9 Å². The van der Waals surface area contributed by atoms with E-state index in [9.17, 15) is 9.59 Å². The fourth-order valence-electron chi connectivity index (χ4n) is 3.35. The summed E-state index contributed by atoms with van der Waals surface area (Å²) in [6.45, 7) is 8.79. The Morgan fingerprint density at radius 1 is 1.30 bits per heavy atom. The first-order valence-corrected chi connectivity index (χ1v) is 9.32. The predicted molar refractivity (Wildman–Crippen MR) is 108 cm³/mol. The van der Waals surface area contributed by atoms with Gasteiger partial charge in [-0.2, -0.15) is 4.98 Å². The van der Waals surface area contributed by atoms with Crippen molar-refractivity contribution < 1.29 is 4.57 Å². The van der Waals surface area contributed by atoms with E-state index in [-0.39, 0.29) is 5.52 Å². The average Bonchev–Trinajstić information content (AvgIpc) is 2.62. The van der Waals surface area contributed by atoms with Crippen molar-refractivity contribution in [2.75, 3.05) is 0 Å². The van der Waals surface area contributed by atoms with Gasteiger partial charge in [0.25, 0.3) is 5.56 Å². The van der Waals surface area contributed by atoms with Gasteiger partial charge in [0.2, 0.25) is 5.52 Å². The first kappa shape index (κ1) is 18.8. The summed E-state index contributed by atoms with van der Waals surface area (Å²) in [6.07, 6.45) is 7.65. The third-order valence-electron chi connectivity index (χ3n) is 4.55. The molecule has 0 aliphatic heterocycles. The Labute approximate surface area is 157 Å². The highest BCUT2D eigenvalue weighted by molar-refractivity contribution is 5.79. The maximum Gasteiger partial charge on any atom is 0.413 e. The lowest BCUT2D eigenvalue weighted by atomic mass is 10.1. The molecule has 0 radical (unpaired) electrons. The molecular weight excluding hydrogens is 340 g/mol. The summed E-state index contributed by atoms with van der Waals surface area (Å²) in [5.41, 5.74) is 3.62. The summed E-state index contributed by atoms with van der Waals surface area (Å²) in [4.78, 5) is 33.7. The van der Waals surface area contributed by atoms with Crippen LogP contribution in [0.5, 0.6) is 0 Å². The van der Waals surface area contributed by atoms with Crippen LogP contribution in [0.25, 0.3) is 22.2 Å². The summed E-state index contributed by atoms with van der Waals surface area (Å²) in [6, 6.07) is 6.13. The normalized spacial score (nSPS) is 11.6. The highest BCUT2D eigenvalue weighted by atomic mass is 16.2. The van der Waals surface area contributed by atoms with Crippen molar-refractivity contribution in [2.45, 2.75) is 46.1 Å². The molecule has 2 N–H and O–H groups in total. The average molecular weight is 365 g/mol. The second kappa shape index (κ2) is 8.12. The number of H-pyrrole nitrogens is 2. The van der Waals surface area contributed by atoms with E-state index in [4.69, 9.17) is 0 Å². The molecule has 0 spiro atoms. The number of aromatic nitrogens is 4. The number of aryl methyl sites for hydroxylation is 2. The van der Waals surface area contributed by atoms with Gasteiger partial charge in [0.05, 0.1) is 6.54 Å². The summed E-state index contributed by atoms with van der Waals surface area (Å²) in [5.74, 6) is 0. The monoisotopic (exact) mass is 365 g/mol. The number of hydrogen-bond acceptors (Lipinski definition) is 3. The van der Waals surface area contributed by atoms with Crippen molar-refractivity contribution in [1.29, 1.82) is 0 Å². The zero-order chi connectivity index (χ0) is 19.4. The SMILES string of the molecule is C=C(C=CC)CCC[n+]1c2ccc(CCC)cc2nc2c(=O)[nH]c(=O)[nH]c21. The van der Waals surface area contributed by atoms with E-state index in [0.29, 0.717) is 12.2 Å². The van der Waals surface area contributed by atoms with Crippen LogP contribution in [-0.4, -0.2) is 15.0 Å². The quantitative estimate of drug-likeness (QED) is 0.384. The summed E-state index contributed by atoms with van der Waals surface area (Å²) in [5, 5.41) is 0. The molecule has 0 fully saturated rings. The van der Waals surface area contributed by atoms with Crippen LogP contribution < -0.4 is 15.8 Å². The second-order valence-electron chi connectivity index (χ2n) is 6.70. The Kier molecular flexibility index (Phi) is 5.64. The number of aromatic amines is 2. The van der Waals surface area contributed by atoms with Gasteiger partial charge in [-0.1, -0.05) is 43.7 Å². The number of nitrogens with zero attached hydrogens (tertiary/aromatic N) is 2.